The van der Waals surface area contributed by atoms with Crippen molar-refractivity contribution in [2.45, 2.75) is 38.6 Å². The minimum absolute atomic E-state index is 0.168. The van der Waals surface area contributed by atoms with Gasteiger partial charge in [-0.1, -0.05) is 78.4 Å². The number of aryl methyl sites for hydroxylation is 1. The van der Waals surface area contributed by atoms with Crippen LogP contribution < -0.4 is 4.90 Å². The van der Waals surface area contributed by atoms with Crippen molar-refractivity contribution < 1.29 is 4.79 Å². The van der Waals surface area contributed by atoms with E-state index in [1.807, 2.05) is 35.2 Å². The lowest BCUT2D eigenvalue weighted by Crippen LogP contribution is -2.44. The van der Waals surface area contributed by atoms with E-state index in [4.69, 9.17) is 0 Å². The van der Waals surface area contributed by atoms with Crippen LogP contribution in [0.4, 0.5) is 5.69 Å². The molecule has 3 aromatic carbocycles. The molecule has 0 bridgehead atoms. The van der Waals surface area contributed by atoms with Crippen LogP contribution in [0.1, 0.15) is 41.5 Å². The second kappa shape index (κ2) is 7.40. The van der Waals surface area contributed by atoms with Crippen LogP contribution in [0.2, 0.25) is 0 Å². The Morgan fingerprint density at radius 3 is 2.33 bits per heavy atom. The van der Waals surface area contributed by atoms with Gasteiger partial charge in [-0.15, -0.1) is 0 Å². The lowest BCUT2D eigenvalue weighted by atomic mass is 9.80. The minimum Gasteiger partial charge on any atom is -0.309 e. The van der Waals surface area contributed by atoms with Gasteiger partial charge in [-0.2, -0.15) is 0 Å². The van der Waals surface area contributed by atoms with Crippen LogP contribution in [0.3, 0.4) is 0 Å². The molecule has 1 aliphatic heterocycles. The van der Waals surface area contributed by atoms with E-state index in [-0.39, 0.29) is 11.9 Å². The third kappa shape index (κ3) is 3.52. The van der Waals surface area contributed by atoms with E-state index in [1.54, 1.807) is 0 Å². The molecule has 1 aliphatic rings. The van der Waals surface area contributed by atoms with Gasteiger partial charge in [-0.25, -0.2) is 0 Å². The van der Waals surface area contributed by atoms with E-state index >= 15 is 0 Å². The van der Waals surface area contributed by atoms with Crippen molar-refractivity contribution in [2.24, 2.45) is 0 Å². The number of nitrogens with zero attached hydrogens (tertiary/aromatic N) is 1. The van der Waals surface area contributed by atoms with Crippen molar-refractivity contribution >= 4 is 11.6 Å². The third-order valence-electron chi connectivity index (χ3n) is 5.50. The zero-order valence-corrected chi connectivity index (χ0v) is 15.9. The van der Waals surface area contributed by atoms with Gasteiger partial charge in [0.2, 0.25) is 5.91 Å². The average Bonchev–Trinajstić information content (AvgIpc) is 2.69. The first kappa shape index (κ1) is 17.5. The van der Waals surface area contributed by atoms with Crippen molar-refractivity contribution in [3.63, 3.8) is 0 Å². The summed E-state index contributed by atoms with van der Waals surface area (Å²) in [6.07, 6.45) is 1.38. The highest BCUT2D eigenvalue weighted by atomic mass is 16.2. The Morgan fingerprint density at radius 1 is 0.963 bits per heavy atom. The maximum atomic E-state index is 13.2. The molecule has 1 amide bonds. The molecule has 0 aliphatic carbocycles. The van der Waals surface area contributed by atoms with Gasteiger partial charge < -0.3 is 4.90 Å². The predicted octanol–water partition coefficient (Wildman–Crippen LogP) is 5.49. The summed E-state index contributed by atoms with van der Waals surface area (Å²) in [5, 5.41) is 0. The van der Waals surface area contributed by atoms with Crippen molar-refractivity contribution in [1.29, 1.82) is 0 Å². The summed E-state index contributed by atoms with van der Waals surface area (Å²) in [6, 6.07) is 27.3. The quantitative estimate of drug-likeness (QED) is 0.608. The third-order valence-corrected chi connectivity index (χ3v) is 5.50. The first-order valence-corrected chi connectivity index (χ1v) is 9.65. The molecule has 3 aromatic rings. The fraction of sp³-hybridized carbons (Fsp3) is 0.240. The highest BCUT2D eigenvalue weighted by Gasteiger charge is 2.34. The fourth-order valence-electron chi connectivity index (χ4n) is 4.22. The Balaban J connectivity index is 1.72. The molecule has 0 radical (unpaired) electrons. The second-order valence-electron chi connectivity index (χ2n) is 7.54. The van der Waals surface area contributed by atoms with E-state index in [0.717, 1.165) is 17.7 Å². The number of benzene rings is 3. The lowest BCUT2D eigenvalue weighted by molar-refractivity contribution is -0.118. The summed E-state index contributed by atoms with van der Waals surface area (Å²) >= 11 is 0. The Bertz CT molecular complexity index is 933. The summed E-state index contributed by atoms with van der Waals surface area (Å²) in [5.41, 5.74) is 5.95. The van der Waals surface area contributed by atoms with Crippen LogP contribution >= 0.6 is 0 Å². The minimum atomic E-state index is 0.168. The SMILES string of the molecule is Cc1ccc2c(c1)[C@@H](c1ccccc1)C[C@@H](C)N2C(=O)Cc1ccccc1. The molecule has 0 N–H and O–H groups in total. The molecule has 136 valence electrons. The van der Waals surface area contributed by atoms with Crippen LogP contribution in [0, 0.1) is 6.92 Å². The summed E-state index contributed by atoms with van der Waals surface area (Å²) in [5.74, 6) is 0.502. The maximum absolute atomic E-state index is 13.2. The van der Waals surface area contributed by atoms with E-state index < -0.39 is 0 Å². The molecular formula is C25H25NO. The average molecular weight is 355 g/mol. The van der Waals surface area contributed by atoms with E-state index in [9.17, 15) is 4.79 Å². The molecule has 0 fully saturated rings. The first-order valence-electron chi connectivity index (χ1n) is 9.65. The Morgan fingerprint density at radius 2 is 1.63 bits per heavy atom. The molecular weight excluding hydrogens is 330 g/mol. The number of amides is 1. The van der Waals surface area contributed by atoms with Crippen LogP contribution in [-0.4, -0.2) is 11.9 Å². The number of anilines is 1. The van der Waals surface area contributed by atoms with Gasteiger partial charge in [-0.3, -0.25) is 4.79 Å². The first-order chi connectivity index (χ1) is 13.1. The van der Waals surface area contributed by atoms with E-state index in [1.165, 1.54) is 16.7 Å². The predicted molar refractivity (Wildman–Crippen MR) is 111 cm³/mol. The lowest BCUT2D eigenvalue weighted by Gasteiger charge is -2.40. The van der Waals surface area contributed by atoms with Gasteiger partial charge in [0.05, 0.1) is 6.42 Å². The van der Waals surface area contributed by atoms with Gasteiger partial charge in [0.25, 0.3) is 0 Å². The number of hydrogen-bond acceptors (Lipinski definition) is 1. The van der Waals surface area contributed by atoms with E-state index in [0.29, 0.717) is 12.3 Å². The molecule has 0 saturated heterocycles. The zero-order chi connectivity index (χ0) is 18.8. The summed E-state index contributed by atoms with van der Waals surface area (Å²) in [4.78, 5) is 15.2. The summed E-state index contributed by atoms with van der Waals surface area (Å²) in [7, 11) is 0. The molecule has 0 aromatic heterocycles. The molecule has 0 saturated carbocycles. The van der Waals surface area contributed by atoms with Gasteiger partial charge in [0.1, 0.15) is 0 Å². The van der Waals surface area contributed by atoms with Crippen LogP contribution in [0.5, 0.6) is 0 Å². The van der Waals surface area contributed by atoms with Crippen molar-refractivity contribution in [1.82, 2.24) is 0 Å². The molecule has 2 heteroatoms. The smallest absolute Gasteiger partial charge is 0.231 e. The van der Waals surface area contributed by atoms with Crippen LogP contribution in [0.15, 0.2) is 78.9 Å². The topological polar surface area (TPSA) is 20.3 Å². The normalized spacial score (nSPS) is 18.8. The van der Waals surface area contributed by atoms with Crippen LogP contribution in [-0.2, 0) is 11.2 Å². The number of carbonyl (C=O) groups is 1. The molecule has 0 unspecified atom stereocenters. The fourth-order valence-corrected chi connectivity index (χ4v) is 4.22. The van der Waals surface area contributed by atoms with Gasteiger partial charge >= 0.3 is 0 Å². The molecule has 2 atom stereocenters. The number of fused-ring (bicyclic) bond motifs is 1. The van der Waals surface area contributed by atoms with Crippen molar-refractivity contribution in [3.8, 4) is 0 Å². The molecule has 4 rings (SSSR count). The Kier molecular flexibility index (Phi) is 4.81. The molecule has 1 heterocycles. The second-order valence-corrected chi connectivity index (χ2v) is 7.54. The van der Waals surface area contributed by atoms with Crippen molar-refractivity contribution in [3.05, 3.63) is 101 Å². The highest BCUT2D eigenvalue weighted by molar-refractivity contribution is 5.97. The highest BCUT2D eigenvalue weighted by Crippen LogP contribution is 2.42. The van der Waals surface area contributed by atoms with Gasteiger partial charge in [0, 0.05) is 17.6 Å². The number of hydrogen-bond donors (Lipinski definition) is 0. The molecule has 2 nitrogen and oxygen atoms in total. The standard InChI is InChI=1S/C25H25NO/c1-18-13-14-24-23(15-18)22(21-11-7-4-8-12-21)16-19(2)26(24)25(27)17-20-9-5-3-6-10-20/h3-15,19,22H,16-17H2,1-2H3/t19-,22-/m1/s1. The number of carbonyl (C=O) groups excluding carboxylic acids is 1. The van der Waals surface area contributed by atoms with Gasteiger partial charge in [0.15, 0.2) is 0 Å². The molecule has 0 spiro atoms. The Hall–Kier alpha value is -2.87. The van der Waals surface area contributed by atoms with Gasteiger partial charge in [-0.05, 0) is 43.0 Å². The van der Waals surface area contributed by atoms with Crippen LogP contribution in [0.25, 0.3) is 0 Å². The summed E-state index contributed by atoms with van der Waals surface area (Å²) < 4.78 is 0. The van der Waals surface area contributed by atoms with E-state index in [2.05, 4.69) is 62.4 Å². The zero-order valence-electron chi connectivity index (χ0n) is 15.9. The largest absolute Gasteiger partial charge is 0.309 e. The number of rotatable bonds is 3. The maximum Gasteiger partial charge on any atom is 0.231 e. The monoisotopic (exact) mass is 355 g/mol. The Labute approximate surface area is 161 Å². The van der Waals surface area contributed by atoms with Crippen molar-refractivity contribution in [2.75, 3.05) is 4.90 Å². The molecule has 27 heavy (non-hydrogen) atoms. The summed E-state index contributed by atoms with van der Waals surface area (Å²) in [6.45, 7) is 4.29.